The Hall–Kier alpha value is -2.61. The first-order chi connectivity index (χ1) is 15.9. The van der Waals surface area contributed by atoms with Gasteiger partial charge in [0.05, 0.1) is 11.5 Å². The number of para-hydroxylation sites is 1. The van der Waals surface area contributed by atoms with Crippen molar-refractivity contribution in [1.29, 1.82) is 0 Å². The van der Waals surface area contributed by atoms with E-state index in [-0.39, 0.29) is 30.2 Å². The predicted octanol–water partition coefficient (Wildman–Crippen LogP) is 4.83. The summed E-state index contributed by atoms with van der Waals surface area (Å²) in [5, 5.41) is 0. The first-order valence-corrected chi connectivity index (χ1v) is 11.8. The number of nitrogens with zero attached hydrogens (tertiary/aromatic N) is 4. The molecule has 2 aromatic rings. The van der Waals surface area contributed by atoms with Gasteiger partial charge in [0, 0.05) is 44.1 Å². The highest BCUT2D eigenvalue weighted by Gasteiger charge is 2.39. The quantitative estimate of drug-likeness (QED) is 0.641. The molecule has 5 nitrogen and oxygen atoms in total. The fourth-order valence-electron chi connectivity index (χ4n) is 5.04. The maximum absolute atomic E-state index is 13.9. The van der Waals surface area contributed by atoms with Crippen LogP contribution < -0.4 is 9.80 Å². The van der Waals surface area contributed by atoms with E-state index in [1.165, 1.54) is 12.3 Å². The molecule has 178 valence electrons. The first-order valence-electron chi connectivity index (χ1n) is 11.8. The summed E-state index contributed by atoms with van der Waals surface area (Å²) in [6.07, 6.45) is 0.00620. The molecule has 33 heavy (non-hydrogen) atoms. The third-order valence-electron chi connectivity index (χ3n) is 6.80. The van der Waals surface area contributed by atoms with Crippen LogP contribution in [0.3, 0.4) is 0 Å². The van der Waals surface area contributed by atoms with Crippen molar-refractivity contribution in [3.8, 4) is 0 Å². The van der Waals surface area contributed by atoms with Crippen LogP contribution >= 0.6 is 0 Å². The number of halogens is 3. The number of alkyl halides is 3. The number of carbonyl (C=O) groups excluding carboxylic acids is 1. The molecule has 0 saturated carbocycles. The molecule has 0 N–H and O–H groups in total. The number of likely N-dealkylation sites (tertiary alicyclic amines) is 1. The van der Waals surface area contributed by atoms with Crippen molar-refractivity contribution in [3.05, 3.63) is 54.2 Å². The molecule has 1 atom stereocenters. The summed E-state index contributed by atoms with van der Waals surface area (Å²) in [4.78, 5) is 23.8. The van der Waals surface area contributed by atoms with E-state index in [1.807, 2.05) is 35.2 Å². The SMILES string of the molecule is CCN1CCC(N(C(=O)C2CCCN(c3ncccc3C(F)(F)F)C2)c2ccccc2)CC1. The van der Waals surface area contributed by atoms with Crippen LogP contribution in [0, 0.1) is 5.92 Å². The molecule has 1 amide bonds. The summed E-state index contributed by atoms with van der Waals surface area (Å²) in [6.45, 7) is 5.73. The lowest BCUT2D eigenvalue weighted by Crippen LogP contribution is -2.52. The maximum Gasteiger partial charge on any atom is 0.419 e. The van der Waals surface area contributed by atoms with Crippen molar-refractivity contribution in [1.82, 2.24) is 9.88 Å². The van der Waals surface area contributed by atoms with Crippen molar-refractivity contribution in [2.45, 2.75) is 44.8 Å². The zero-order valence-corrected chi connectivity index (χ0v) is 19.0. The Kier molecular flexibility index (Phi) is 7.22. The van der Waals surface area contributed by atoms with Gasteiger partial charge in [-0.25, -0.2) is 4.98 Å². The molecule has 0 aliphatic carbocycles. The molecule has 2 aliphatic rings. The molecule has 8 heteroatoms. The van der Waals surface area contributed by atoms with E-state index in [0.29, 0.717) is 19.4 Å². The van der Waals surface area contributed by atoms with Gasteiger partial charge in [-0.1, -0.05) is 25.1 Å². The second kappa shape index (κ2) is 10.1. The van der Waals surface area contributed by atoms with Crippen molar-refractivity contribution < 1.29 is 18.0 Å². The minimum atomic E-state index is -4.48. The molecule has 4 rings (SSSR count). The summed E-state index contributed by atoms with van der Waals surface area (Å²) < 4.78 is 40.7. The average molecular weight is 461 g/mol. The number of rotatable bonds is 5. The van der Waals surface area contributed by atoms with Crippen LogP contribution in [0.25, 0.3) is 0 Å². The zero-order valence-electron chi connectivity index (χ0n) is 19.0. The molecule has 3 heterocycles. The second-order valence-corrected chi connectivity index (χ2v) is 8.87. The average Bonchev–Trinajstić information content (AvgIpc) is 2.85. The van der Waals surface area contributed by atoms with Crippen LogP contribution in [0.2, 0.25) is 0 Å². The topological polar surface area (TPSA) is 39.7 Å². The minimum absolute atomic E-state index is 0.00494. The standard InChI is InChI=1S/C25H31F3N4O/c1-2-30-16-12-21(13-17-30)32(20-9-4-3-5-10-20)24(33)19-8-7-15-31(18-19)23-22(25(26,27)28)11-6-14-29-23/h3-6,9-11,14,19,21H,2,7-8,12-13,15-18H2,1H3. The lowest BCUT2D eigenvalue weighted by atomic mass is 9.93. The predicted molar refractivity (Wildman–Crippen MR) is 123 cm³/mol. The van der Waals surface area contributed by atoms with Gasteiger partial charge in [-0.3, -0.25) is 4.79 Å². The Morgan fingerprint density at radius 1 is 1.06 bits per heavy atom. The van der Waals surface area contributed by atoms with Crippen molar-refractivity contribution in [3.63, 3.8) is 0 Å². The highest BCUT2D eigenvalue weighted by molar-refractivity contribution is 5.96. The maximum atomic E-state index is 13.9. The molecular weight excluding hydrogens is 429 g/mol. The Morgan fingerprint density at radius 2 is 1.79 bits per heavy atom. The fourth-order valence-corrected chi connectivity index (χ4v) is 5.04. The Labute approximate surface area is 193 Å². The number of benzene rings is 1. The molecule has 2 fully saturated rings. The first kappa shape index (κ1) is 23.5. The molecule has 0 bridgehead atoms. The van der Waals surface area contributed by atoms with Gasteiger partial charge in [0.15, 0.2) is 0 Å². The summed E-state index contributed by atoms with van der Waals surface area (Å²) in [5.41, 5.74) is 0.119. The lowest BCUT2D eigenvalue weighted by molar-refractivity contribution is -0.137. The van der Waals surface area contributed by atoms with E-state index in [2.05, 4.69) is 16.8 Å². The number of hydrogen-bond donors (Lipinski definition) is 0. The summed E-state index contributed by atoms with van der Waals surface area (Å²) in [7, 11) is 0. The third kappa shape index (κ3) is 5.32. The minimum Gasteiger partial charge on any atom is -0.355 e. The number of pyridine rings is 1. The molecule has 1 aromatic heterocycles. The molecule has 0 radical (unpaired) electrons. The molecular formula is C25H31F3N4O. The van der Waals surface area contributed by atoms with Gasteiger partial charge in [0.25, 0.3) is 0 Å². The number of hydrogen-bond acceptors (Lipinski definition) is 4. The van der Waals surface area contributed by atoms with E-state index in [9.17, 15) is 18.0 Å². The third-order valence-corrected chi connectivity index (χ3v) is 6.80. The summed E-state index contributed by atoms with van der Waals surface area (Å²) in [6, 6.07) is 12.1. The number of piperidine rings is 2. The monoisotopic (exact) mass is 460 g/mol. The fraction of sp³-hybridized carbons (Fsp3) is 0.520. The summed E-state index contributed by atoms with van der Waals surface area (Å²) >= 11 is 0. The van der Waals surface area contributed by atoms with E-state index < -0.39 is 11.7 Å². The highest BCUT2D eigenvalue weighted by atomic mass is 19.4. The molecule has 2 aliphatic heterocycles. The van der Waals surface area contributed by atoms with Crippen LogP contribution in [-0.4, -0.2) is 54.6 Å². The second-order valence-electron chi connectivity index (χ2n) is 8.87. The number of aromatic nitrogens is 1. The Bertz CT molecular complexity index is 929. The van der Waals surface area contributed by atoms with Gasteiger partial charge in [0.1, 0.15) is 5.82 Å². The van der Waals surface area contributed by atoms with E-state index >= 15 is 0 Å². The van der Waals surface area contributed by atoms with Gasteiger partial charge in [-0.15, -0.1) is 0 Å². The van der Waals surface area contributed by atoms with Crippen LogP contribution in [0.1, 0.15) is 38.2 Å². The van der Waals surface area contributed by atoms with Gasteiger partial charge < -0.3 is 14.7 Å². The van der Waals surface area contributed by atoms with Crippen LogP contribution in [0.15, 0.2) is 48.7 Å². The van der Waals surface area contributed by atoms with E-state index in [0.717, 1.165) is 44.2 Å². The molecule has 0 spiro atoms. The highest BCUT2D eigenvalue weighted by Crippen LogP contribution is 2.37. The lowest BCUT2D eigenvalue weighted by Gasteiger charge is -2.41. The van der Waals surface area contributed by atoms with Crippen LogP contribution in [0.4, 0.5) is 24.7 Å². The Balaban J connectivity index is 1.57. The molecule has 1 aromatic carbocycles. The largest absolute Gasteiger partial charge is 0.419 e. The van der Waals surface area contributed by atoms with E-state index in [1.54, 1.807) is 4.90 Å². The van der Waals surface area contributed by atoms with Crippen molar-refractivity contribution in [2.75, 3.05) is 42.5 Å². The van der Waals surface area contributed by atoms with Gasteiger partial charge in [-0.05, 0) is 56.5 Å². The normalized spacial score (nSPS) is 20.6. The zero-order chi connectivity index (χ0) is 23.4. The van der Waals surface area contributed by atoms with Crippen LogP contribution in [-0.2, 0) is 11.0 Å². The van der Waals surface area contributed by atoms with Gasteiger partial charge >= 0.3 is 6.18 Å². The van der Waals surface area contributed by atoms with Crippen molar-refractivity contribution in [2.24, 2.45) is 5.92 Å². The van der Waals surface area contributed by atoms with Crippen molar-refractivity contribution >= 4 is 17.4 Å². The summed E-state index contributed by atoms with van der Waals surface area (Å²) in [5.74, 6) is -0.443. The van der Waals surface area contributed by atoms with Gasteiger partial charge in [0.2, 0.25) is 5.91 Å². The number of amides is 1. The van der Waals surface area contributed by atoms with Crippen LogP contribution in [0.5, 0.6) is 0 Å². The number of carbonyl (C=O) groups is 1. The molecule has 1 unspecified atom stereocenters. The smallest absolute Gasteiger partial charge is 0.355 e. The van der Waals surface area contributed by atoms with E-state index in [4.69, 9.17) is 0 Å². The van der Waals surface area contributed by atoms with Gasteiger partial charge in [-0.2, -0.15) is 13.2 Å². The molecule has 2 saturated heterocycles. The number of anilines is 2. The Morgan fingerprint density at radius 3 is 2.45 bits per heavy atom.